The first-order valence-corrected chi connectivity index (χ1v) is 20.9. The quantitative estimate of drug-likeness (QED) is 0.122. The Labute approximate surface area is 332 Å². The maximum absolute atomic E-state index is 13.9. The Kier molecular flexibility index (Phi) is 15.4. The summed E-state index contributed by atoms with van der Waals surface area (Å²) < 4.78 is 11.3. The number of hydrogen-bond acceptors (Lipinski definition) is 9. The van der Waals surface area contributed by atoms with Crippen LogP contribution in [0.25, 0.3) is 11.1 Å². The SMILES string of the molecule is C=CC(=O)N(c1cc(C(=O)NCc2c(CCC)cc(C)[nH]c2=O)cc(-c2ccc(N3CCN(CPNC(=O)CC(C)(C)OCC)CC3)nc2)c1)C1CCOCC1. The maximum Gasteiger partial charge on any atom is 0.253 e. The molecule has 0 aliphatic carbocycles. The molecule has 302 valence electrons. The summed E-state index contributed by atoms with van der Waals surface area (Å²) in [5, 5.41) is 6.03. The summed E-state index contributed by atoms with van der Waals surface area (Å²) in [6, 6.07) is 11.3. The second-order valence-electron chi connectivity index (χ2n) is 15.0. The molecule has 1 unspecified atom stereocenters. The van der Waals surface area contributed by atoms with Crippen molar-refractivity contribution in [2.24, 2.45) is 0 Å². The highest BCUT2D eigenvalue weighted by atomic mass is 31.1. The van der Waals surface area contributed by atoms with E-state index in [0.717, 1.165) is 73.5 Å². The van der Waals surface area contributed by atoms with Gasteiger partial charge < -0.3 is 34.7 Å². The van der Waals surface area contributed by atoms with E-state index < -0.39 is 5.60 Å². The number of rotatable bonds is 17. The minimum atomic E-state index is -0.476. The lowest BCUT2D eigenvalue weighted by molar-refractivity contribution is -0.125. The standard InChI is InChI=1S/C42H58N7O6P/c1-7-10-30-21-29(4)45-41(53)36(30)27-44-40(52)33-22-32(23-35(24-33)49(39(51)8-2)34-13-19-54-20-14-34)31-11-12-37(43-26-31)48-17-15-47(16-18-48)28-56-46-38(50)25-42(5,6)55-9-3/h8,11-12,21-24,26,34,56H,2,7,9-10,13-20,25,27-28H2,1,3-6H3,(H,44,52)(H,45,53)(H,46,50). The van der Waals surface area contributed by atoms with Crippen molar-refractivity contribution in [3.05, 3.63) is 88.0 Å². The fraction of sp³-hybridized carbons (Fsp3) is 0.500. The first-order chi connectivity index (χ1) is 26.9. The van der Waals surface area contributed by atoms with Gasteiger partial charge in [-0.15, -0.1) is 0 Å². The third-order valence-electron chi connectivity index (χ3n) is 10.2. The van der Waals surface area contributed by atoms with Crippen LogP contribution in [-0.2, 0) is 32.0 Å². The van der Waals surface area contributed by atoms with Gasteiger partial charge in [0.1, 0.15) is 5.82 Å². The predicted molar refractivity (Wildman–Crippen MR) is 224 cm³/mol. The van der Waals surface area contributed by atoms with Crippen LogP contribution >= 0.6 is 8.73 Å². The van der Waals surface area contributed by atoms with Crippen LogP contribution in [0, 0.1) is 6.92 Å². The Morgan fingerprint density at radius 2 is 1.84 bits per heavy atom. The van der Waals surface area contributed by atoms with Crippen molar-refractivity contribution < 1.29 is 23.9 Å². The van der Waals surface area contributed by atoms with Crippen molar-refractivity contribution in [3.63, 3.8) is 0 Å². The number of amides is 3. The summed E-state index contributed by atoms with van der Waals surface area (Å²) >= 11 is 0. The zero-order valence-corrected chi connectivity index (χ0v) is 34.5. The van der Waals surface area contributed by atoms with Gasteiger partial charge in [-0.25, -0.2) is 4.98 Å². The molecule has 3 aromatic rings. The monoisotopic (exact) mass is 787 g/mol. The molecule has 56 heavy (non-hydrogen) atoms. The van der Waals surface area contributed by atoms with Crippen LogP contribution in [0.3, 0.4) is 0 Å². The number of pyridine rings is 2. The zero-order valence-electron chi connectivity index (χ0n) is 33.5. The summed E-state index contributed by atoms with van der Waals surface area (Å²) in [5.74, 6) is 0.252. The third kappa shape index (κ3) is 11.6. The van der Waals surface area contributed by atoms with E-state index in [0.29, 0.717) is 64.6 Å². The molecular formula is C42H58N7O6P. The molecule has 0 bridgehead atoms. The van der Waals surface area contributed by atoms with E-state index in [1.807, 2.05) is 52.0 Å². The maximum atomic E-state index is 13.9. The fourth-order valence-electron chi connectivity index (χ4n) is 7.35. The van der Waals surface area contributed by atoms with Crippen molar-refractivity contribution in [1.82, 2.24) is 25.3 Å². The van der Waals surface area contributed by atoms with Crippen LogP contribution in [0.5, 0.6) is 0 Å². The number of carbonyl (C=O) groups excluding carboxylic acids is 3. The van der Waals surface area contributed by atoms with E-state index in [9.17, 15) is 19.2 Å². The highest BCUT2D eigenvalue weighted by Gasteiger charge is 2.28. The summed E-state index contributed by atoms with van der Waals surface area (Å²) in [4.78, 5) is 66.7. The molecule has 1 atom stereocenters. The lowest BCUT2D eigenvalue weighted by Crippen LogP contribution is -2.46. The van der Waals surface area contributed by atoms with E-state index in [1.165, 1.54) is 6.08 Å². The highest BCUT2D eigenvalue weighted by Crippen LogP contribution is 2.31. The molecule has 0 spiro atoms. The van der Waals surface area contributed by atoms with Gasteiger partial charge in [0.2, 0.25) is 5.91 Å². The molecule has 2 aliphatic heterocycles. The van der Waals surface area contributed by atoms with Gasteiger partial charge in [-0.1, -0.05) is 19.9 Å². The largest absolute Gasteiger partial charge is 0.381 e. The molecule has 1 aromatic carbocycles. The third-order valence-corrected chi connectivity index (χ3v) is 11.2. The molecule has 0 saturated carbocycles. The number of anilines is 2. The number of H-pyrrole nitrogens is 1. The van der Waals surface area contributed by atoms with Gasteiger partial charge in [0, 0.05) is 99.1 Å². The summed E-state index contributed by atoms with van der Waals surface area (Å²) in [6.45, 7) is 18.5. The number of nitrogens with zero attached hydrogens (tertiary/aromatic N) is 4. The Balaban J connectivity index is 1.31. The Morgan fingerprint density at radius 3 is 2.50 bits per heavy atom. The first-order valence-electron chi connectivity index (χ1n) is 19.7. The molecule has 4 heterocycles. The number of hydrogen-bond donors (Lipinski definition) is 3. The second-order valence-corrected chi connectivity index (χ2v) is 15.9. The topological polar surface area (TPSA) is 149 Å². The lowest BCUT2D eigenvalue weighted by atomic mass is 9.99. The smallest absolute Gasteiger partial charge is 0.253 e. The van der Waals surface area contributed by atoms with Gasteiger partial charge >= 0.3 is 0 Å². The summed E-state index contributed by atoms with van der Waals surface area (Å²) in [6.07, 6.45) is 7.16. The average Bonchev–Trinajstić information content (AvgIpc) is 3.18. The van der Waals surface area contributed by atoms with Crippen molar-refractivity contribution in [1.29, 1.82) is 0 Å². The number of aromatic nitrogens is 2. The highest BCUT2D eigenvalue weighted by molar-refractivity contribution is 7.36. The Bertz CT molecular complexity index is 1880. The fourth-order valence-corrected chi connectivity index (χ4v) is 8.26. The van der Waals surface area contributed by atoms with Gasteiger partial charge in [-0.2, -0.15) is 0 Å². The van der Waals surface area contributed by atoms with Crippen LogP contribution in [0.15, 0.2) is 60.0 Å². The van der Waals surface area contributed by atoms with Crippen molar-refractivity contribution in [2.45, 2.75) is 84.9 Å². The van der Waals surface area contributed by atoms with Gasteiger partial charge in [-0.05, 0) is 109 Å². The molecule has 2 aliphatic rings. The number of nitrogens with one attached hydrogen (secondary N) is 3. The zero-order chi connectivity index (χ0) is 40.2. The molecule has 3 N–H and O–H groups in total. The first kappa shape index (κ1) is 42.7. The summed E-state index contributed by atoms with van der Waals surface area (Å²) in [7, 11) is 0.312. The second kappa shape index (κ2) is 20.1. The van der Waals surface area contributed by atoms with Crippen molar-refractivity contribution in [2.75, 3.05) is 62.1 Å². The van der Waals surface area contributed by atoms with Gasteiger partial charge in [0.25, 0.3) is 17.4 Å². The molecule has 5 rings (SSSR count). The van der Waals surface area contributed by atoms with Gasteiger partial charge in [0.15, 0.2) is 0 Å². The molecule has 2 aromatic heterocycles. The Morgan fingerprint density at radius 1 is 1.09 bits per heavy atom. The van der Waals surface area contributed by atoms with Crippen LogP contribution in [0.4, 0.5) is 11.5 Å². The lowest BCUT2D eigenvalue weighted by Gasteiger charge is -2.35. The number of aromatic amines is 1. The number of piperazine rings is 1. The van der Waals surface area contributed by atoms with Crippen LogP contribution in [0.2, 0.25) is 0 Å². The molecule has 14 heteroatoms. The van der Waals surface area contributed by atoms with Crippen LogP contribution in [-0.4, -0.2) is 96.5 Å². The van der Waals surface area contributed by atoms with Crippen molar-refractivity contribution >= 4 is 38.0 Å². The van der Waals surface area contributed by atoms with Crippen molar-refractivity contribution in [3.8, 4) is 11.1 Å². The molecular weight excluding hydrogens is 729 g/mol. The van der Waals surface area contributed by atoms with E-state index >= 15 is 0 Å². The number of ether oxygens (including phenoxy) is 2. The Hall–Kier alpha value is -4.42. The van der Waals surface area contributed by atoms with E-state index in [4.69, 9.17) is 14.5 Å². The van der Waals surface area contributed by atoms with Crippen LogP contribution in [0.1, 0.15) is 80.6 Å². The number of aryl methyl sites for hydroxylation is 2. The minimum absolute atomic E-state index is 0.00598. The molecule has 2 fully saturated rings. The normalized spacial score (nSPS) is 15.6. The molecule has 3 amide bonds. The van der Waals surface area contributed by atoms with Crippen LogP contribution < -0.4 is 25.8 Å². The van der Waals surface area contributed by atoms with E-state index in [1.54, 1.807) is 23.2 Å². The molecule has 2 saturated heterocycles. The minimum Gasteiger partial charge on any atom is -0.381 e. The number of carbonyl (C=O) groups is 3. The van der Waals surface area contributed by atoms with E-state index in [2.05, 4.69) is 38.7 Å². The predicted octanol–water partition coefficient (Wildman–Crippen LogP) is 5.32. The molecule has 0 radical (unpaired) electrons. The van der Waals surface area contributed by atoms with Gasteiger partial charge in [0.05, 0.1) is 12.0 Å². The number of benzene rings is 1. The summed E-state index contributed by atoms with van der Waals surface area (Å²) in [5.41, 5.74) is 4.03. The molecule has 13 nitrogen and oxygen atoms in total. The average molecular weight is 788 g/mol. The van der Waals surface area contributed by atoms with E-state index in [-0.39, 0.29) is 35.9 Å². The van der Waals surface area contributed by atoms with Gasteiger partial charge in [-0.3, -0.25) is 24.1 Å².